The molecule has 4 rings (SSSR count). The Balaban J connectivity index is 1.75. The van der Waals surface area contributed by atoms with Crippen molar-refractivity contribution in [2.75, 3.05) is 5.32 Å². The highest BCUT2D eigenvalue weighted by molar-refractivity contribution is 6.30. The maximum absolute atomic E-state index is 13.4. The van der Waals surface area contributed by atoms with Crippen LogP contribution < -0.4 is 16.6 Å². The Morgan fingerprint density at radius 2 is 1.71 bits per heavy atom. The molecule has 0 aliphatic carbocycles. The van der Waals surface area contributed by atoms with Gasteiger partial charge < -0.3 is 5.32 Å². The number of carbonyl (C=O) groups excluding carboxylic acids is 1. The minimum Gasteiger partial charge on any atom is -0.324 e. The monoisotopic (exact) mass is 489 g/mol. The second kappa shape index (κ2) is 9.10. The summed E-state index contributed by atoms with van der Waals surface area (Å²) in [6.07, 6.45) is -2.28. The molecule has 2 heterocycles. The van der Waals surface area contributed by atoms with Crippen LogP contribution in [0.2, 0.25) is 5.02 Å². The van der Waals surface area contributed by atoms with E-state index in [9.17, 15) is 27.6 Å². The Morgan fingerprint density at radius 1 is 1.00 bits per heavy atom. The van der Waals surface area contributed by atoms with Crippen molar-refractivity contribution in [1.82, 2.24) is 19.1 Å². The van der Waals surface area contributed by atoms with Crippen molar-refractivity contribution in [3.05, 3.63) is 97.9 Å². The van der Waals surface area contributed by atoms with Gasteiger partial charge in [0.25, 0.3) is 5.56 Å². The minimum absolute atomic E-state index is 0.0952. The molecule has 1 amide bonds. The van der Waals surface area contributed by atoms with Crippen molar-refractivity contribution in [3.63, 3.8) is 0 Å². The molecule has 0 radical (unpaired) electrons. The third kappa shape index (κ3) is 4.69. The van der Waals surface area contributed by atoms with Gasteiger partial charge >= 0.3 is 11.9 Å². The van der Waals surface area contributed by atoms with Gasteiger partial charge in [-0.1, -0.05) is 41.9 Å². The van der Waals surface area contributed by atoms with E-state index in [0.29, 0.717) is 11.6 Å². The standard InChI is InChI=1S/C22H15ClF3N5O3/c23-14-6-7-16(15(10-14)22(24,25)26)29-17(32)12-30-19-18(27-8-9-28-19)20(33)31(21(30)34)11-13-4-2-1-3-5-13/h1-10H,11-12H2,(H,29,32). The number of rotatable bonds is 5. The molecule has 0 saturated heterocycles. The van der Waals surface area contributed by atoms with Crippen LogP contribution in [0.5, 0.6) is 0 Å². The van der Waals surface area contributed by atoms with Crippen molar-refractivity contribution in [2.45, 2.75) is 19.3 Å². The first-order valence-corrected chi connectivity index (χ1v) is 10.2. The maximum atomic E-state index is 13.4. The van der Waals surface area contributed by atoms with E-state index in [2.05, 4.69) is 15.3 Å². The summed E-state index contributed by atoms with van der Waals surface area (Å²) in [5.41, 5.74) is -2.90. The Kier molecular flexibility index (Phi) is 6.20. The van der Waals surface area contributed by atoms with E-state index in [1.165, 1.54) is 18.5 Å². The summed E-state index contributed by atoms with van der Waals surface area (Å²) in [4.78, 5) is 46.7. The summed E-state index contributed by atoms with van der Waals surface area (Å²) in [5.74, 6) is -0.938. The van der Waals surface area contributed by atoms with Crippen LogP contribution in [0.3, 0.4) is 0 Å². The van der Waals surface area contributed by atoms with Gasteiger partial charge in [-0.25, -0.2) is 14.8 Å². The molecule has 4 aromatic rings. The van der Waals surface area contributed by atoms with Gasteiger partial charge in [0.1, 0.15) is 6.54 Å². The van der Waals surface area contributed by atoms with E-state index in [-0.39, 0.29) is 22.7 Å². The molecule has 174 valence electrons. The predicted molar refractivity (Wildman–Crippen MR) is 119 cm³/mol. The number of nitrogens with one attached hydrogen (secondary N) is 1. The number of anilines is 1. The molecule has 2 aromatic carbocycles. The van der Waals surface area contributed by atoms with Crippen LogP contribution in [0.1, 0.15) is 11.1 Å². The number of fused-ring (bicyclic) bond motifs is 1. The fraction of sp³-hybridized carbons (Fsp3) is 0.136. The predicted octanol–water partition coefficient (Wildman–Crippen LogP) is 3.31. The Labute approximate surface area is 194 Å². The molecule has 0 unspecified atom stereocenters. The van der Waals surface area contributed by atoms with Crippen LogP contribution in [0.15, 0.2) is 70.5 Å². The van der Waals surface area contributed by atoms with Crippen LogP contribution >= 0.6 is 11.6 Å². The molecular formula is C22H15ClF3N5O3. The number of hydrogen-bond acceptors (Lipinski definition) is 5. The molecule has 0 saturated carbocycles. The molecule has 0 spiro atoms. The lowest BCUT2D eigenvalue weighted by Gasteiger charge is -2.16. The summed E-state index contributed by atoms with van der Waals surface area (Å²) in [6.45, 7) is -0.801. The summed E-state index contributed by atoms with van der Waals surface area (Å²) in [5, 5.41) is 2.00. The van der Waals surface area contributed by atoms with Crippen molar-refractivity contribution in [2.24, 2.45) is 0 Å². The van der Waals surface area contributed by atoms with E-state index < -0.39 is 41.1 Å². The quantitative estimate of drug-likeness (QED) is 0.464. The second-order valence-corrected chi connectivity index (χ2v) is 7.65. The number of benzene rings is 2. The number of aromatic nitrogens is 4. The maximum Gasteiger partial charge on any atom is 0.418 e. The summed E-state index contributed by atoms with van der Waals surface area (Å²) in [7, 11) is 0. The van der Waals surface area contributed by atoms with E-state index in [4.69, 9.17) is 11.6 Å². The first kappa shape index (κ1) is 23.2. The highest BCUT2D eigenvalue weighted by atomic mass is 35.5. The number of carbonyl (C=O) groups is 1. The fourth-order valence-corrected chi connectivity index (χ4v) is 3.54. The number of nitrogens with zero attached hydrogens (tertiary/aromatic N) is 4. The Bertz CT molecular complexity index is 1500. The number of halogens is 4. The SMILES string of the molecule is O=C(Cn1c(=O)n(Cc2ccccc2)c(=O)c2nccnc21)Nc1ccc(Cl)cc1C(F)(F)F. The average molecular weight is 490 g/mol. The lowest BCUT2D eigenvalue weighted by molar-refractivity contribution is -0.137. The molecule has 0 atom stereocenters. The van der Waals surface area contributed by atoms with Gasteiger partial charge in [0.05, 0.1) is 17.8 Å². The fourth-order valence-electron chi connectivity index (χ4n) is 3.37. The molecule has 0 fully saturated rings. The first-order chi connectivity index (χ1) is 16.1. The zero-order chi connectivity index (χ0) is 24.5. The lowest BCUT2D eigenvalue weighted by Crippen LogP contribution is -2.42. The van der Waals surface area contributed by atoms with Crippen molar-refractivity contribution < 1.29 is 18.0 Å². The van der Waals surface area contributed by atoms with Gasteiger partial charge in [0.15, 0.2) is 11.2 Å². The van der Waals surface area contributed by atoms with Gasteiger partial charge in [0.2, 0.25) is 5.91 Å². The molecule has 0 bridgehead atoms. The molecule has 2 aromatic heterocycles. The number of hydrogen-bond donors (Lipinski definition) is 1. The lowest BCUT2D eigenvalue weighted by atomic mass is 10.1. The third-order valence-corrected chi connectivity index (χ3v) is 5.13. The van der Waals surface area contributed by atoms with Gasteiger partial charge in [-0.05, 0) is 23.8 Å². The minimum atomic E-state index is -4.77. The van der Waals surface area contributed by atoms with E-state index in [0.717, 1.165) is 15.2 Å². The molecule has 8 nitrogen and oxygen atoms in total. The summed E-state index contributed by atoms with van der Waals surface area (Å²) >= 11 is 5.67. The third-order valence-electron chi connectivity index (χ3n) is 4.89. The van der Waals surface area contributed by atoms with Crippen molar-refractivity contribution >= 4 is 34.4 Å². The zero-order valence-electron chi connectivity index (χ0n) is 17.2. The van der Waals surface area contributed by atoms with E-state index >= 15 is 0 Å². The zero-order valence-corrected chi connectivity index (χ0v) is 18.0. The van der Waals surface area contributed by atoms with Crippen LogP contribution in [0.25, 0.3) is 11.2 Å². The number of alkyl halides is 3. The topological polar surface area (TPSA) is 98.9 Å². The summed E-state index contributed by atoms with van der Waals surface area (Å²) < 4.78 is 41.9. The highest BCUT2D eigenvalue weighted by Gasteiger charge is 2.34. The highest BCUT2D eigenvalue weighted by Crippen LogP contribution is 2.36. The van der Waals surface area contributed by atoms with E-state index in [1.54, 1.807) is 30.3 Å². The number of amides is 1. The van der Waals surface area contributed by atoms with Gasteiger partial charge in [0, 0.05) is 17.4 Å². The Morgan fingerprint density at radius 3 is 2.41 bits per heavy atom. The molecule has 12 heteroatoms. The largest absolute Gasteiger partial charge is 0.418 e. The molecule has 0 aliphatic heterocycles. The molecule has 34 heavy (non-hydrogen) atoms. The molecule has 0 aliphatic rings. The van der Waals surface area contributed by atoms with Gasteiger partial charge in [-0.15, -0.1) is 0 Å². The van der Waals surface area contributed by atoms with E-state index in [1.807, 2.05) is 0 Å². The molecule has 1 N–H and O–H groups in total. The average Bonchev–Trinajstić information content (AvgIpc) is 2.80. The first-order valence-electron chi connectivity index (χ1n) is 9.80. The molecular weight excluding hydrogens is 475 g/mol. The Hall–Kier alpha value is -3.99. The van der Waals surface area contributed by atoms with Crippen LogP contribution in [-0.4, -0.2) is 25.0 Å². The van der Waals surface area contributed by atoms with Gasteiger partial charge in [-0.2, -0.15) is 13.2 Å². The smallest absolute Gasteiger partial charge is 0.324 e. The van der Waals surface area contributed by atoms with Crippen LogP contribution in [-0.2, 0) is 24.1 Å². The summed E-state index contributed by atoms with van der Waals surface area (Å²) in [6, 6.07) is 11.6. The van der Waals surface area contributed by atoms with Crippen LogP contribution in [0.4, 0.5) is 18.9 Å². The normalized spacial score (nSPS) is 11.5. The van der Waals surface area contributed by atoms with Crippen molar-refractivity contribution in [3.8, 4) is 0 Å². The second-order valence-electron chi connectivity index (χ2n) is 7.21. The van der Waals surface area contributed by atoms with Gasteiger partial charge in [-0.3, -0.25) is 18.7 Å². The van der Waals surface area contributed by atoms with Crippen LogP contribution in [0, 0.1) is 0 Å². The van der Waals surface area contributed by atoms with Crippen molar-refractivity contribution in [1.29, 1.82) is 0 Å².